The second kappa shape index (κ2) is 8.48. The number of hydrogen-bond acceptors (Lipinski definition) is 6. The molecule has 0 aliphatic carbocycles. The molecule has 1 aromatic carbocycles. The van der Waals surface area contributed by atoms with Gasteiger partial charge in [-0.1, -0.05) is 12.1 Å². The standard InChI is InChI=1S/C20H23N3O4S2/c1-13(2)23(4)29(25,26)16-9-7-15(8-10-16)12-21-19(24)18-14(3)28-20(22-18)17-6-5-11-27-17/h5-11,13H,12H2,1-4H3,(H,21,24). The van der Waals surface area contributed by atoms with Crippen LogP contribution in [0.15, 0.2) is 52.0 Å². The van der Waals surface area contributed by atoms with E-state index in [0.29, 0.717) is 16.5 Å². The fourth-order valence-corrected chi connectivity index (χ4v) is 4.85. The summed E-state index contributed by atoms with van der Waals surface area (Å²) in [5, 5.41) is 3.48. The summed E-state index contributed by atoms with van der Waals surface area (Å²) >= 11 is 1.39. The minimum atomic E-state index is -3.53. The minimum absolute atomic E-state index is 0.133. The Labute approximate surface area is 174 Å². The lowest BCUT2D eigenvalue weighted by Crippen LogP contribution is -2.33. The Morgan fingerprint density at radius 3 is 2.52 bits per heavy atom. The Kier molecular flexibility index (Phi) is 6.21. The zero-order chi connectivity index (χ0) is 21.2. The molecule has 0 aliphatic heterocycles. The molecule has 29 heavy (non-hydrogen) atoms. The first-order chi connectivity index (χ1) is 13.7. The van der Waals surface area contributed by atoms with E-state index in [0.717, 1.165) is 10.4 Å². The van der Waals surface area contributed by atoms with Crippen molar-refractivity contribution in [3.63, 3.8) is 0 Å². The zero-order valence-electron chi connectivity index (χ0n) is 16.7. The van der Waals surface area contributed by atoms with Gasteiger partial charge in [-0.3, -0.25) is 4.79 Å². The SMILES string of the molecule is Cc1sc(-c2ccco2)nc1C(=O)NCc1ccc(S(=O)(=O)N(C)C(C)C)cc1. The monoisotopic (exact) mass is 433 g/mol. The Morgan fingerprint density at radius 2 is 1.93 bits per heavy atom. The van der Waals surface area contributed by atoms with E-state index in [1.165, 1.54) is 15.6 Å². The number of carbonyl (C=O) groups excluding carboxylic acids is 1. The molecule has 0 radical (unpaired) electrons. The normalized spacial score (nSPS) is 11.9. The van der Waals surface area contributed by atoms with Crippen LogP contribution in [0.4, 0.5) is 0 Å². The molecule has 0 fully saturated rings. The first-order valence-corrected chi connectivity index (χ1v) is 11.3. The van der Waals surface area contributed by atoms with Crippen molar-refractivity contribution in [3.8, 4) is 10.8 Å². The van der Waals surface area contributed by atoms with Crippen LogP contribution < -0.4 is 5.32 Å². The number of benzene rings is 1. The molecule has 2 aromatic heterocycles. The number of furan rings is 1. The van der Waals surface area contributed by atoms with Gasteiger partial charge in [0, 0.05) is 24.5 Å². The maximum Gasteiger partial charge on any atom is 0.271 e. The lowest BCUT2D eigenvalue weighted by Gasteiger charge is -2.21. The van der Waals surface area contributed by atoms with E-state index in [-0.39, 0.29) is 23.4 Å². The summed E-state index contributed by atoms with van der Waals surface area (Å²) < 4.78 is 31.7. The van der Waals surface area contributed by atoms with E-state index in [9.17, 15) is 13.2 Å². The molecule has 0 atom stereocenters. The molecule has 2 heterocycles. The summed E-state index contributed by atoms with van der Waals surface area (Å²) in [5.41, 5.74) is 1.16. The van der Waals surface area contributed by atoms with Gasteiger partial charge in [0.1, 0.15) is 5.69 Å². The van der Waals surface area contributed by atoms with Gasteiger partial charge in [-0.15, -0.1) is 11.3 Å². The Hall–Kier alpha value is -2.49. The van der Waals surface area contributed by atoms with Crippen LogP contribution in [0, 0.1) is 6.92 Å². The third-order valence-electron chi connectivity index (χ3n) is 4.52. The predicted molar refractivity (Wildman–Crippen MR) is 112 cm³/mol. The van der Waals surface area contributed by atoms with E-state index in [4.69, 9.17) is 4.42 Å². The molecule has 1 N–H and O–H groups in total. The highest BCUT2D eigenvalue weighted by Crippen LogP contribution is 2.28. The van der Waals surface area contributed by atoms with Crippen molar-refractivity contribution in [2.45, 2.75) is 38.3 Å². The number of aryl methyl sites for hydroxylation is 1. The molecular weight excluding hydrogens is 410 g/mol. The molecule has 1 amide bonds. The van der Waals surface area contributed by atoms with Crippen molar-refractivity contribution < 1.29 is 17.6 Å². The molecule has 7 nitrogen and oxygen atoms in total. The Balaban J connectivity index is 1.67. The number of amides is 1. The highest BCUT2D eigenvalue weighted by atomic mass is 32.2. The van der Waals surface area contributed by atoms with Crippen molar-refractivity contribution in [2.75, 3.05) is 7.05 Å². The average molecular weight is 434 g/mol. The second-order valence-electron chi connectivity index (χ2n) is 6.84. The number of thiazole rings is 1. The molecule has 0 saturated heterocycles. The quantitative estimate of drug-likeness (QED) is 0.614. The third kappa shape index (κ3) is 4.58. The Morgan fingerprint density at radius 1 is 1.24 bits per heavy atom. The van der Waals surface area contributed by atoms with Crippen LogP contribution in [-0.2, 0) is 16.6 Å². The van der Waals surface area contributed by atoms with E-state index in [2.05, 4.69) is 10.3 Å². The van der Waals surface area contributed by atoms with Crippen LogP contribution in [0.25, 0.3) is 10.8 Å². The van der Waals surface area contributed by atoms with Gasteiger partial charge in [0.15, 0.2) is 10.8 Å². The maximum atomic E-state index is 12.5. The smallest absolute Gasteiger partial charge is 0.271 e. The van der Waals surface area contributed by atoms with Gasteiger partial charge in [-0.05, 0) is 50.6 Å². The van der Waals surface area contributed by atoms with Crippen molar-refractivity contribution in [1.82, 2.24) is 14.6 Å². The van der Waals surface area contributed by atoms with Crippen molar-refractivity contribution >= 4 is 27.3 Å². The highest BCUT2D eigenvalue weighted by molar-refractivity contribution is 7.89. The van der Waals surface area contributed by atoms with Crippen LogP contribution in [0.1, 0.15) is 34.8 Å². The number of sulfonamides is 1. The number of nitrogens with one attached hydrogen (secondary N) is 1. The Bertz CT molecular complexity index is 1090. The fraction of sp³-hybridized carbons (Fsp3) is 0.300. The molecule has 154 valence electrons. The van der Waals surface area contributed by atoms with E-state index >= 15 is 0 Å². The molecular formula is C20H23N3O4S2. The van der Waals surface area contributed by atoms with Crippen LogP contribution in [0.3, 0.4) is 0 Å². The van der Waals surface area contributed by atoms with Gasteiger partial charge in [-0.25, -0.2) is 13.4 Å². The lowest BCUT2D eigenvalue weighted by molar-refractivity contribution is 0.0946. The van der Waals surface area contributed by atoms with Gasteiger partial charge >= 0.3 is 0 Å². The van der Waals surface area contributed by atoms with Gasteiger partial charge in [0.05, 0.1) is 11.2 Å². The topological polar surface area (TPSA) is 92.5 Å². The van der Waals surface area contributed by atoms with Crippen LogP contribution in [0.5, 0.6) is 0 Å². The van der Waals surface area contributed by atoms with Gasteiger partial charge in [0.2, 0.25) is 10.0 Å². The van der Waals surface area contributed by atoms with Gasteiger partial charge in [-0.2, -0.15) is 4.31 Å². The molecule has 0 unspecified atom stereocenters. The van der Waals surface area contributed by atoms with E-state index in [1.54, 1.807) is 49.7 Å². The fourth-order valence-electron chi connectivity index (χ4n) is 2.60. The van der Waals surface area contributed by atoms with Crippen molar-refractivity contribution in [1.29, 1.82) is 0 Å². The number of carbonyl (C=O) groups is 1. The van der Waals surface area contributed by atoms with Crippen LogP contribution in [-0.4, -0.2) is 36.7 Å². The van der Waals surface area contributed by atoms with Gasteiger partial charge in [0.25, 0.3) is 5.91 Å². The summed E-state index contributed by atoms with van der Waals surface area (Å²) in [4.78, 5) is 17.9. The van der Waals surface area contributed by atoms with Crippen molar-refractivity contribution in [2.24, 2.45) is 0 Å². The first kappa shape index (κ1) is 21.2. The van der Waals surface area contributed by atoms with Crippen molar-refractivity contribution in [3.05, 3.63) is 58.8 Å². The molecule has 3 rings (SSSR count). The molecule has 0 bridgehead atoms. The largest absolute Gasteiger partial charge is 0.462 e. The third-order valence-corrected chi connectivity index (χ3v) is 7.56. The summed E-state index contributed by atoms with van der Waals surface area (Å²) in [5.74, 6) is 0.341. The maximum absolute atomic E-state index is 12.5. The zero-order valence-corrected chi connectivity index (χ0v) is 18.3. The summed E-state index contributed by atoms with van der Waals surface area (Å²) in [6, 6.07) is 9.94. The van der Waals surface area contributed by atoms with Gasteiger partial charge < -0.3 is 9.73 Å². The molecule has 9 heteroatoms. The summed E-state index contributed by atoms with van der Waals surface area (Å²) in [7, 11) is -1.97. The number of nitrogens with zero attached hydrogens (tertiary/aromatic N) is 2. The summed E-state index contributed by atoms with van der Waals surface area (Å²) in [6.45, 7) is 5.74. The average Bonchev–Trinajstić information content (AvgIpc) is 3.35. The second-order valence-corrected chi connectivity index (χ2v) is 10.0. The number of hydrogen-bond donors (Lipinski definition) is 1. The highest BCUT2D eigenvalue weighted by Gasteiger charge is 2.23. The number of rotatable bonds is 7. The number of aromatic nitrogens is 1. The van der Waals surface area contributed by atoms with Crippen LogP contribution in [0.2, 0.25) is 0 Å². The van der Waals surface area contributed by atoms with E-state index in [1.807, 2.05) is 20.8 Å². The molecule has 0 saturated carbocycles. The molecule has 3 aromatic rings. The molecule has 0 spiro atoms. The molecule has 0 aliphatic rings. The first-order valence-electron chi connectivity index (χ1n) is 9.06. The lowest BCUT2D eigenvalue weighted by atomic mass is 10.2. The van der Waals surface area contributed by atoms with E-state index < -0.39 is 10.0 Å². The van der Waals surface area contributed by atoms with Crippen LogP contribution >= 0.6 is 11.3 Å². The summed E-state index contributed by atoms with van der Waals surface area (Å²) in [6.07, 6.45) is 1.56. The predicted octanol–water partition coefficient (Wildman–Crippen LogP) is 3.67. The minimum Gasteiger partial charge on any atom is -0.462 e.